The first-order chi connectivity index (χ1) is 14.2. The molecule has 30 heavy (non-hydrogen) atoms. The van der Waals surface area contributed by atoms with E-state index < -0.39 is 34.2 Å². The van der Waals surface area contributed by atoms with Crippen LogP contribution in [-0.2, 0) is 24.2 Å². The second-order valence-corrected chi connectivity index (χ2v) is 9.41. The zero-order valence-electron chi connectivity index (χ0n) is 18.9. The molecule has 0 amide bonds. The highest BCUT2D eigenvalue weighted by Crippen LogP contribution is 2.37. The summed E-state index contributed by atoms with van der Waals surface area (Å²) in [7, 11) is -4.98. The maximum Gasteiger partial charge on any atom is 0.448 e. The van der Waals surface area contributed by atoms with Crippen molar-refractivity contribution in [1.82, 2.24) is 0 Å². The van der Waals surface area contributed by atoms with Gasteiger partial charge in [0.05, 0.1) is 11.8 Å². The molecule has 0 aliphatic carbocycles. The van der Waals surface area contributed by atoms with Gasteiger partial charge >= 0.3 is 22.3 Å². The number of carboxylic acid groups (broad SMARTS) is 1. The number of hydrogen-bond acceptors (Lipinski definition) is 5. The molecule has 0 saturated heterocycles. The molecule has 0 spiro atoms. The molecule has 0 aromatic carbocycles. The van der Waals surface area contributed by atoms with Crippen LogP contribution < -0.4 is 0 Å². The van der Waals surface area contributed by atoms with Gasteiger partial charge in [-0.15, -0.1) is 0 Å². The zero-order chi connectivity index (χ0) is 22.9. The van der Waals surface area contributed by atoms with Crippen molar-refractivity contribution in [2.75, 3.05) is 0 Å². The molecule has 0 fully saturated rings. The van der Waals surface area contributed by atoms with Gasteiger partial charge in [-0.25, -0.2) is 0 Å². The molecule has 0 aliphatic heterocycles. The second kappa shape index (κ2) is 16.5. The summed E-state index contributed by atoms with van der Waals surface area (Å²) in [5.74, 6) is -2.32. The minimum Gasteiger partial charge on any atom is -0.481 e. The third-order valence-corrected chi connectivity index (χ3v) is 5.98. The predicted octanol–water partition coefficient (Wildman–Crippen LogP) is 6.07. The van der Waals surface area contributed by atoms with E-state index >= 15 is 0 Å². The van der Waals surface area contributed by atoms with E-state index in [4.69, 9.17) is 4.55 Å². The number of aliphatic carboxylic acids is 1. The van der Waals surface area contributed by atoms with E-state index in [1.807, 2.05) is 0 Å². The van der Waals surface area contributed by atoms with Crippen molar-refractivity contribution in [2.45, 2.75) is 123 Å². The van der Waals surface area contributed by atoms with Crippen molar-refractivity contribution >= 4 is 22.3 Å². The first kappa shape index (κ1) is 28.9. The van der Waals surface area contributed by atoms with E-state index in [9.17, 15) is 23.1 Å². The van der Waals surface area contributed by atoms with Gasteiger partial charge in [-0.3, -0.25) is 14.1 Å². The summed E-state index contributed by atoms with van der Waals surface area (Å²) in [6.45, 7) is 4.29. The number of hydrogen-bond donors (Lipinski definition) is 2. The van der Waals surface area contributed by atoms with Gasteiger partial charge in [0.2, 0.25) is 0 Å². The number of rotatable bonds is 20. The normalized spacial score (nSPS) is 12.1. The van der Waals surface area contributed by atoms with Crippen molar-refractivity contribution in [1.29, 1.82) is 0 Å². The highest BCUT2D eigenvalue weighted by atomic mass is 32.3. The summed E-state index contributed by atoms with van der Waals surface area (Å²) in [4.78, 5) is 24.1. The van der Waals surface area contributed by atoms with Crippen LogP contribution in [-0.4, -0.2) is 30.0 Å². The van der Waals surface area contributed by atoms with Crippen LogP contribution in [0.25, 0.3) is 0 Å². The van der Waals surface area contributed by atoms with Crippen LogP contribution in [0.3, 0.4) is 0 Å². The van der Waals surface area contributed by atoms with E-state index in [0.29, 0.717) is 12.8 Å². The fourth-order valence-corrected chi connectivity index (χ4v) is 4.26. The summed E-state index contributed by atoms with van der Waals surface area (Å²) in [5, 5.41) is 9.38. The molecule has 0 aromatic rings. The molecule has 0 bridgehead atoms. The maximum atomic E-state index is 12.6. The molecule has 0 radical (unpaired) electrons. The van der Waals surface area contributed by atoms with Crippen molar-refractivity contribution in [3.8, 4) is 0 Å². The summed E-state index contributed by atoms with van der Waals surface area (Å²) in [6.07, 6.45) is 14.1. The van der Waals surface area contributed by atoms with Gasteiger partial charge in [-0.05, 0) is 12.8 Å². The largest absolute Gasteiger partial charge is 0.481 e. The second-order valence-electron chi connectivity index (χ2n) is 8.39. The Hall–Kier alpha value is -1.15. The molecule has 178 valence electrons. The van der Waals surface area contributed by atoms with Crippen LogP contribution in [0.4, 0.5) is 0 Å². The van der Waals surface area contributed by atoms with Crippen molar-refractivity contribution < 1.29 is 31.8 Å². The molecular weight excluding hydrogens is 408 g/mol. The first-order valence-corrected chi connectivity index (χ1v) is 13.0. The molecule has 2 N–H and O–H groups in total. The van der Waals surface area contributed by atoms with Gasteiger partial charge < -0.3 is 9.29 Å². The van der Waals surface area contributed by atoms with E-state index in [1.54, 1.807) is 0 Å². The Labute approximate surface area is 182 Å². The van der Waals surface area contributed by atoms with E-state index in [-0.39, 0.29) is 12.8 Å². The number of carboxylic acids is 1. The van der Waals surface area contributed by atoms with Crippen LogP contribution in [0, 0.1) is 5.41 Å². The lowest BCUT2D eigenvalue weighted by Gasteiger charge is -2.29. The van der Waals surface area contributed by atoms with Gasteiger partial charge in [0.25, 0.3) is 0 Å². The molecule has 0 heterocycles. The van der Waals surface area contributed by atoms with Gasteiger partial charge in [0.15, 0.2) is 0 Å². The Balaban J connectivity index is 4.95. The molecule has 8 heteroatoms. The quantitative estimate of drug-likeness (QED) is 0.170. The topological polar surface area (TPSA) is 118 Å². The average molecular weight is 451 g/mol. The number of carbonyl (C=O) groups is 2. The molecule has 0 aliphatic rings. The lowest BCUT2D eigenvalue weighted by Crippen LogP contribution is -2.37. The summed E-state index contributed by atoms with van der Waals surface area (Å²) < 4.78 is 35.4. The molecule has 0 aromatic heterocycles. The minimum absolute atomic E-state index is 0.247. The van der Waals surface area contributed by atoms with Crippen molar-refractivity contribution in [2.24, 2.45) is 5.41 Å². The lowest BCUT2D eigenvalue weighted by atomic mass is 9.75. The number of carbonyl (C=O) groups excluding carboxylic acids is 1. The fraction of sp³-hybridized carbons (Fsp3) is 0.909. The van der Waals surface area contributed by atoms with Gasteiger partial charge in [0.1, 0.15) is 0 Å². The van der Waals surface area contributed by atoms with Crippen LogP contribution in [0.15, 0.2) is 0 Å². The molecule has 0 unspecified atom stereocenters. The summed E-state index contributed by atoms with van der Waals surface area (Å²) in [5.41, 5.74) is -1.42. The third kappa shape index (κ3) is 14.8. The molecule has 0 rings (SSSR count). The Morgan fingerprint density at radius 1 is 0.733 bits per heavy atom. The molecule has 0 saturated carbocycles. The Bertz CT molecular complexity index is 554. The molecule has 0 atom stereocenters. The summed E-state index contributed by atoms with van der Waals surface area (Å²) >= 11 is 0. The van der Waals surface area contributed by atoms with Crippen LogP contribution in [0.2, 0.25) is 0 Å². The molecule has 7 nitrogen and oxygen atoms in total. The van der Waals surface area contributed by atoms with Crippen LogP contribution in [0.1, 0.15) is 123 Å². The highest BCUT2D eigenvalue weighted by Gasteiger charge is 2.43. The number of unbranched alkanes of at least 4 members (excludes halogenated alkanes) is 12. The summed E-state index contributed by atoms with van der Waals surface area (Å²) in [6, 6.07) is 0. The minimum atomic E-state index is -4.98. The Kier molecular flexibility index (Phi) is 15.9. The van der Waals surface area contributed by atoms with Gasteiger partial charge in [-0.1, -0.05) is 104 Å². The fourth-order valence-electron chi connectivity index (χ4n) is 3.89. The lowest BCUT2D eigenvalue weighted by molar-refractivity contribution is -0.155. The van der Waals surface area contributed by atoms with Crippen LogP contribution >= 0.6 is 0 Å². The van der Waals surface area contributed by atoms with E-state index in [1.165, 1.54) is 12.8 Å². The first-order valence-electron chi connectivity index (χ1n) is 11.6. The Morgan fingerprint density at radius 3 is 1.43 bits per heavy atom. The zero-order valence-corrected chi connectivity index (χ0v) is 19.7. The SMILES string of the molecule is CCCCCCCCCC(CCCCCCCCC)(CC(=O)O)C(=O)OS(=O)(=O)O. The average Bonchev–Trinajstić information content (AvgIpc) is 2.64. The van der Waals surface area contributed by atoms with E-state index in [0.717, 1.165) is 64.2 Å². The van der Waals surface area contributed by atoms with Gasteiger partial charge in [0, 0.05) is 0 Å². The predicted molar refractivity (Wildman–Crippen MR) is 118 cm³/mol. The highest BCUT2D eigenvalue weighted by molar-refractivity contribution is 7.81. The standard InChI is InChI=1S/C22H42O7S/c1-3-5-7-9-11-13-15-17-22(19-20(23)24,21(25)29-30(26,27)28)18-16-14-12-10-8-6-4-2/h3-19H2,1-2H3,(H,23,24)(H,26,27,28). The van der Waals surface area contributed by atoms with Crippen molar-refractivity contribution in [3.05, 3.63) is 0 Å². The van der Waals surface area contributed by atoms with Crippen LogP contribution in [0.5, 0.6) is 0 Å². The Morgan fingerprint density at radius 2 is 1.10 bits per heavy atom. The van der Waals surface area contributed by atoms with Gasteiger partial charge in [-0.2, -0.15) is 8.42 Å². The smallest absolute Gasteiger partial charge is 0.448 e. The van der Waals surface area contributed by atoms with Crippen molar-refractivity contribution in [3.63, 3.8) is 0 Å². The maximum absolute atomic E-state index is 12.6. The molecular formula is C22H42O7S. The third-order valence-electron chi connectivity index (χ3n) is 5.62. The monoisotopic (exact) mass is 450 g/mol. The van der Waals surface area contributed by atoms with E-state index in [2.05, 4.69) is 18.0 Å².